The highest BCUT2D eigenvalue weighted by molar-refractivity contribution is 6.04. The molecule has 6 heteroatoms. The monoisotopic (exact) mass is 471 g/mol. The summed E-state index contributed by atoms with van der Waals surface area (Å²) in [5.74, 6) is 1.00. The standard InChI is InChI=1S/C29H33N3O3/c1-20(2)32(21(3)4)16-17-35-28-18-26(14-15-27(28)34-5)31-29(33)25-12-10-24(11-13-25)23-8-6-22(19-30)7-9-23/h6-15,18,20-21H,16-17H2,1-5H3,(H,31,33). The van der Waals surface area contributed by atoms with Crippen LogP contribution in [-0.4, -0.2) is 43.2 Å². The predicted molar refractivity (Wildman–Crippen MR) is 140 cm³/mol. The van der Waals surface area contributed by atoms with Gasteiger partial charge in [-0.2, -0.15) is 5.26 Å². The van der Waals surface area contributed by atoms with Gasteiger partial charge in [0.15, 0.2) is 11.5 Å². The van der Waals surface area contributed by atoms with Gasteiger partial charge in [0.2, 0.25) is 0 Å². The van der Waals surface area contributed by atoms with Gasteiger partial charge in [-0.25, -0.2) is 0 Å². The van der Waals surface area contributed by atoms with Gasteiger partial charge in [0.25, 0.3) is 5.91 Å². The lowest BCUT2D eigenvalue weighted by atomic mass is 10.0. The molecule has 3 aromatic rings. The maximum Gasteiger partial charge on any atom is 0.255 e. The first kappa shape index (κ1) is 25.8. The smallest absolute Gasteiger partial charge is 0.255 e. The van der Waals surface area contributed by atoms with Crippen molar-refractivity contribution < 1.29 is 14.3 Å². The number of benzene rings is 3. The van der Waals surface area contributed by atoms with Crippen LogP contribution in [0.2, 0.25) is 0 Å². The fraction of sp³-hybridized carbons (Fsp3) is 0.310. The van der Waals surface area contributed by atoms with Crippen molar-refractivity contribution in [2.45, 2.75) is 39.8 Å². The zero-order valence-electron chi connectivity index (χ0n) is 21.0. The van der Waals surface area contributed by atoms with Crippen molar-refractivity contribution in [3.05, 3.63) is 77.9 Å². The van der Waals surface area contributed by atoms with Crippen LogP contribution >= 0.6 is 0 Å². The molecule has 3 aromatic carbocycles. The highest BCUT2D eigenvalue weighted by atomic mass is 16.5. The van der Waals surface area contributed by atoms with E-state index in [1.54, 1.807) is 49.6 Å². The minimum Gasteiger partial charge on any atom is -0.493 e. The van der Waals surface area contributed by atoms with Gasteiger partial charge in [-0.15, -0.1) is 0 Å². The molecule has 6 nitrogen and oxygen atoms in total. The molecule has 0 aliphatic rings. The average molecular weight is 472 g/mol. The van der Waals surface area contributed by atoms with Crippen LogP contribution in [0.15, 0.2) is 66.7 Å². The third kappa shape index (κ3) is 6.84. The molecular weight excluding hydrogens is 438 g/mol. The SMILES string of the molecule is COc1ccc(NC(=O)c2ccc(-c3ccc(C#N)cc3)cc2)cc1OCCN(C(C)C)C(C)C. The summed E-state index contributed by atoms with van der Waals surface area (Å²) in [6, 6.07) is 23.1. The number of amides is 1. The molecule has 0 saturated heterocycles. The second-order valence-electron chi connectivity index (χ2n) is 8.86. The third-order valence-electron chi connectivity index (χ3n) is 5.85. The number of carbonyl (C=O) groups is 1. The number of nitrogens with one attached hydrogen (secondary N) is 1. The fourth-order valence-corrected chi connectivity index (χ4v) is 4.00. The van der Waals surface area contributed by atoms with Gasteiger partial charge < -0.3 is 14.8 Å². The average Bonchev–Trinajstić information content (AvgIpc) is 2.86. The molecule has 0 radical (unpaired) electrons. The fourth-order valence-electron chi connectivity index (χ4n) is 4.00. The van der Waals surface area contributed by atoms with Crippen molar-refractivity contribution in [3.8, 4) is 28.7 Å². The van der Waals surface area contributed by atoms with Crippen LogP contribution < -0.4 is 14.8 Å². The molecule has 0 bridgehead atoms. The second-order valence-corrected chi connectivity index (χ2v) is 8.86. The molecule has 0 saturated carbocycles. The third-order valence-corrected chi connectivity index (χ3v) is 5.85. The molecule has 182 valence electrons. The van der Waals surface area contributed by atoms with Gasteiger partial charge in [-0.3, -0.25) is 9.69 Å². The number of hydrogen-bond acceptors (Lipinski definition) is 5. The Kier molecular flexibility index (Phi) is 8.88. The summed E-state index contributed by atoms with van der Waals surface area (Å²) in [6.45, 7) is 10.0. The van der Waals surface area contributed by atoms with Crippen LogP contribution in [0.5, 0.6) is 11.5 Å². The molecular formula is C29H33N3O3. The van der Waals surface area contributed by atoms with E-state index in [9.17, 15) is 4.79 Å². The largest absolute Gasteiger partial charge is 0.493 e. The van der Waals surface area contributed by atoms with Crippen LogP contribution in [0, 0.1) is 11.3 Å². The van der Waals surface area contributed by atoms with Crippen molar-refractivity contribution in [2.75, 3.05) is 25.6 Å². The Labute approximate surface area is 208 Å². The molecule has 0 fully saturated rings. The molecule has 1 amide bonds. The molecule has 0 spiro atoms. The summed E-state index contributed by atoms with van der Waals surface area (Å²) >= 11 is 0. The van der Waals surface area contributed by atoms with Crippen LogP contribution in [0.1, 0.15) is 43.6 Å². The molecule has 0 aliphatic carbocycles. The Bertz CT molecular complexity index is 1160. The second kappa shape index (κ2) is 12.0. The molecule has 0 unspecified atom stereocenters. The summed E-state index contributed by atoms with van der Waals surface area (Å²) < 4.78 is 11.5. The number of rotatable bonds is 10. The quantitative estimate of drug-likeness (QED) is 0.393. The lowest BCUT2D eigenvalue weighted by Gasteiger charge is -2.30. The van der Waals surface area contributed by atoms with Crippen molar-refractivity contribution in [1.82, 2.24) is 4.90 Å². The van der Waals surface area contributed by atoms with E-state index >= 15 is 0 Å². The van der Waals surface area contributed by atoms with Gasteiger partial charge in [-0.1, -0.05) is 24.3 Å². The molecule has 3 rings (SSSR count). The molecule has 0 aliphatic heterocycles. The van der Waals surface area contributed by atoms with Crippen molar-refractivity contribution >= 4 is 11.6 Å². The Morgan fingerprint density at radius 3 is 2.06 bits per heavy atom. The van der Waals surface area contributed by atoms with Gasteiger partial charge in [0.1, 0.15) is 6.61 Å². The highest BCUT2D eigenvalue weighted by Crippen LogP contribution is 2.30. The summed E-state index contributed by atoms with van der Waals surface area (Å²) in [5.41, 5.74) is 3.76. The van der Waals surface area contributed by atoms with E-state index in [1.807, 2.05) is 24.3 Å². The highest BCUT2D eigenvalue weighted by Gasteiger charge is 2.15. The Morgan fingerprint density at radius 1 is 0.914 bits per heavy atom. The number of nitriles is 1. The van der Waals surface area contributed by atoms with E-state index in [0.717, 1.165) is 17.7 Å². The summed E-state index contributed by atoms with van der Waals surface area (Å²) in [4.78, 5) is 15.2. The predicted octanol–water partition coefficient (Wildman–Crippen LogP) is 5.98. The van der Waals surface area contributed by atoms with Gasteiger partial charge in [-0.05, 0) is 75.2 Å². The molecule has 0 aromatic heterocycles. The van der Waals surface area contributed by atoms with Crippen molar-refractivity contribution in [2.24, 2.45) is 0 Å². The lowest BCUT2D eigenvalue weighted by molar-refractivity contribution is 0.102. The van der Waals surface area contributed by atoms with Crippen LogP contribution in [0.3, 0.4) is 0 Å². The first-order valence-electron chi connectivity index (χ1n) is 11.8. The zero-order valence-corrected chi connectivity index (χ0v) is 21.0. The first-order valence-corrected chi connectivity index (χ1v) is 11.8. The van der Waals surface area contributed by atoms with Gasteiger partial charge >= 0.3 is 0 Å². The number of anilines is 1. The van der Waals surface area contributed by atoms with E-state index < -0.39 is 0 Å². The maximum atomic E-state index is 12.8. The number of ether oxygens (including phenoxy) is 2. The van der Waals surface area contributed by atoms with E-state index in [2.05, 4.69) is 44.0 Å². The number of hydrogen-bond donors (Lipinski definition) is 1. The van der Waals surface area contributed by atoms with Crippen LogP contribution in [0.25, 0.3) is 11.1 Å². The summed E-state index contributed by atoms with van der Waals surface area (Å²) in [7, 11) is 1.60. The van der Waals surface area contributed by atoms with Crippen LogP contribution in [0.4, 0.5) is 5.69 Å². The molecule has 0 heterocycles. The Morgan fingerprint density at radius 2 is 1.51 bits per heavy atom. The summed E-state index contributed by atoms with van der Waals surface area (Å²) in [6.07, 6.45) is 0. The topological polar surface area (TPSA) is 74.6 Å². The Hall–Kier alpha value is -3.82. The van der Waals surface area contributed by atoms with E-state index in [4.69, 9.17) is 14.7 Å². The molecule has 1 N–H and O–H groups in total. The first-order chi connectivity index (χ1) is 16.8. The van der Waals surface area contributed by atoms with Gasteiger partial charge in [0, 0.05) is 35.9 Å². The minimum atomic E-state index is -0.210. The van der Waals surface area contributed by atoms with Crippen molar-refractivity contribution in [3.63, 3.8) is 0 Å². The number of nitrogens with zero attached hydrogens (tertiary/aromatic N) is 2. The lowest BCUT2D eigenvalue weighted by Crippen LogP contribution is -2.39. The van der Waals surface area contributed by atoms with E-state index in [0.29, 0.717) is 47.0 Å². The normalized spacial score (nSPS) is 10.9. The van der Waals surface area contributed by atoms with Crippen LogP contribution in [-0.2, 0) is 0 Å². The minimum absolute atomic E-state index is 0.210. The maximum absolute atomic E-state index is 12.8. The Balaban J connectivity index is 1.67. The van der Waals surface area contributed by atoms with Gasteiger partial charge in [0.05, 0.1) is 18.7 Å². The van der Waals surface area contributed by atoms with E-state index in [1.165, 1.54) is 0 Å². The molecule has 35 heavy (non-hydrogen) atoms. The van der Waals surface area contributed by atoms with E-state index in [-0.39, 0.29) is 5.91 Å². The summed E-state index contributed by atoms with van der Waals surface area (Å²) in [5, 5.41) is 11.9. The van der Waals surface area contributed by atoms with Crippen molar-refractivity contribution in [1.29, 1.82) is 5.26 Å². The zero-order chi connectivity index (χ0) is 25.4. The number of carbonyl (C=O) groups excluding carboxylic acids is 1. The molecule has 0 atom stereocenters. The number of methoxy groups -OCH3 is 1.